The Morgan fingerprint density at radius 2 is 1.74 bits per heavy atom. The summed E-state index contributed by atoms with van der Waals surface area (Å²) in [5, 5.41) is 2.86. The van der Waals surface area contributed by atoms with Crippen molar-refractivity contribution in [3.05, 3.63) is 65.2 Å². The molecule has 0 radical (unpaired) electrons. The number of aryl methyl sites for hydroxylation is 1. The molecule has 2 aromatic rings. The molecule has 6 heteroatoms. The fourth-order valence-corrected chi connectivity index (χ4v) is 4.73. The Morgan fingerprint density at radius 3 is 2.44 bits per heavy atom. The Labute approximate surface area is 161 Å². The molecule has 0 unspecified atom stereocenters. The quantitative estimate of drug-likeness (QED) is 0.797. The maximum atomic E-state index is 12.7. The molecule has 0 bridgehead atoms. The third kappa shape index (κ3) is 5.17. The van der Waals surface area contributed by atoms with Gasteiger partial charge in [-0.1, -0.05) is 55.7 Å². The molecule has 2 N–H and O–H groups in total. The summed E-state index contributed by atoms with van der Waals surface area (Å²) in [6.45, 7) is 2.21. The van der Waals surface area contributed by atoms with Crippen LogP contribution in [-0.2, 0) is 16.6 Å². The summed E-state index contributed by atoms with van der Waals surface area (Å²) in [6.07, 6.45) is 5.00. The van der Waals surface area contributed by atoms with Gasteiger partial charge in [-0.15, -0.1) is 0 Å². The summed E-state index contributed by atoms with van der Waals surface area (Å²) in [5.74, 6) is -0.272. The summed E-state index contributed by atoms with van der Waals surface area (Å²) < 4.78 is 28.2. The molecule has 0 atom stereocenters. The minimum Gasteiger partial charge on any atom is -0.348 e. The molecule has 2 aromatic carbocycles. The van der Waals surface area contributed by atoms with Gasteiger partial charge >= 0.3 is 0 Å². The van der Waals surface area contributed by atoms with E-state index in [9.17, 15) is 13.2 Å². The zero-order valence-electron chi connectivity index (χ0n) is 15.6. The predicted molar refractivity (Wildman–Crippen MR) is 106 cm³/mol. The van der Waals surface area contributed by atoms with Crippen LogP contribution in [0.2, 0.25) is 0 Å². The van der Waals surface area contributed by atoms with Gasteiger partial charge in [-0.25, -0.2) is 13.1 Å². The highest BCUT2D eigenvalue weighted by Crippen LogP contribution is 2.21. The molecule has 27 heavy (non-hydrogen) atoms. The number of amides is 1. The first-order valence-corrected chi connectivity index (χ1v) is 10.9. The normalized spacial score (nSPS) is 15.4. The van der Waals surface area contributed by atoms with Crippen molar-refractivity contribution in [1.29, 1.82) is 0 Å². The molecule has 0 aromatic heterocycles. The van der Waals surface area contributed by atoms with Gasteiger partial charge in [-0.05, 0) is 43.0 Å². The Hall–Kier alpha value is -2.18. The molecule has 1 saturated carbocycles. The van der Waals surface area contributed by atoms with Crippen molar-refractivity contribution >= 4 is 15.9 Å². The highest BCUT2D eigenvalue weighted by Gasteiger charge is 2.23. The molecule has 1 aliphatic rings. The van der Waals surface area contributed by atoms with Crippen LogP contribution in [0.3, 0.4) is 0 Å². The van der Waals surface area contributed by atoms with Crippen molar-refractivity contribution in [1.82, 2.24) is 10.0 Å². The Kier molecular flexibility index (Phi) is 6.29. The molecule has 0 aliphatic heterocycles. The van der Waals surface area contributed by atoms with E-state index in [2.05, 4.69) is 10.0 Å². The van der Waals surface area contributed by atoms with E-state index in [1.807, 2.05) is 37.3 Å². The second kappa shape index (κ2) is 8.67. The molecular formula is C21H26N2O3S. The van der Waals surface area contributed by atoms with E-state index in [0.717, 1.165) is 43.2 Å². The third-order valence-electron chi connectivity index (χ3n) is 4.99. The zero-order chi connectivity index (χ0) is 19.3. The maximum Gasteiger partial charge on any atom is 0.251 e. The van der Waals surface area contributed by atoms with Gasteiger partial charge in [0, 0.05) is 18.2 Å². The van der Waals surface area contributed by atoms with Gasteiger partial charge in [-0.3, -0.25) is 4.79 Å². The second-order valence-corrected chi connectivity index (χ2v) is 8.82. The maximum absolute atomic E-state index is 12.7. The Morgan fingerprint density at radius 1 is 1.04 bits per heavy atom. The Balaban J connectivity index is 1.73. The molecular weight excluding hydrogens is 360 g/mol. The van der Waals surface area contributed by atoms with Crippen molar-refractivity contribution in [2.24, 2.45) is 0 Å². The number of nitrogens with one attached hydrogen (secondary N) is 2. The van der Waals surface area contributed by atoms with Gasteiger partial charge in [0.1, 0.15) is 0 Å². The molecule has 1 aliphatic carbocycles. The van der Waals surface area contributed by atoms with Gasteiger partial charge in [0.25, 0.3) is 5.91 Å². The lowest BCUT2D eigenvalue weighted by Gasteiger charge is -2.22. The predicted octanol–water partition coefficient (Wildman–Crippen LogP) is 3.54. The van der Waals surface area contributed by atoms with E-state index in [1.165, 1.54) is 6.07 Å². The van der Waals surface area contributed by atoms with Crippen molar-refractivity contribution in [2.75, 3.05) is 0 Å². The fraction of sp³-hybridized carbons (Fsp3) is 0.381. The van der Waals surface area contributed by atoms with Gasteiger partial charge in [0.15, 0.2) is 0 Å². The van der Waals surface area contributed by atoms with Crippen LogP contribution in [0.25, 0.3) is 0 Å². The van der Waals surface area contributed by atoms with Gasteiger partial charge < -0.3 is 5.32 Å². The number of hydrogen-bond donors (Lipinski definition) is 2. The zero-order valence-corrected chi connectivity index (χ0v) is 16.4. The molecule has 0 saturated heterocycles. The van der Waals surface area contributed by atoms with Crippen LogP contribution >= 0.6 is 0 Å². The summed E-state index contributed by atoms with van der Waals surface area (Å²) in [7, 11) is -3.63. The average molecular weight is 387 g/mol. The minimum absolute atomic E-state index is 0.0135. The van der Waals surface area contributed by atoms with E-state index in [4.69, 9.17) is 0 Å². The van der Waals surface area contributed by atoms with Crippen molar-refractivity contribution in [3.63, 3.8) is 0 Å². The first kappa shape index (κ1) is 19.6. The summed E-state index contributed by atoms with van der Waals surface area (Å²) in [4.78, 5) is 12.7. The molecule has 5 nitrogen and oxygen atoms in total. The topological polar surface area (TPSA) is 75.3 Å². The molecule has 3 rings (SSSR count). The van der Waals surface area contributed by atoms with Crippen LogP contribution < -0.4 is 10.0 Å². The number of benzene rings is 2. The van der Waals surface area contributed by atoms with E-state index >= 15 is 0 Å². The van der Waals surface area contributed by atoms with Crippen LogP contribution in [0.1, 0.15) is 53.6 Å². The first-order chi connectivity index (χ1) is 13.0. The number of carbonyl (C=O) groups is 1. The molecule has 1 amide bonds. The van der Waals surface area contributed by atoms with Crippen LogP contribution in [0, 0.1) is 6.92 Å². The standard InChI is InChI=1S/C21H26N2O3S/c1-16-12-13-19(27(25,26)23-18-10-6-3-7-11-18)14-20(16)21(24)22-15-17-8-4-2-5-9-17/h2,4-5,8-9,12-14,18,23H,3,6-7,10-11,15H2,1H3,(H,22,24). The number of sulfonamides is 1. The van der Waals surface area contributed by atoms with Crippen LogP contribution in [0.5, 0.6) is 0 Å². The van der Waals surface area contributed by atoms with Crippen LogP contribution in [-0.4, -0.2) is 20.4 Å². The van der Waals surface area contributed by atoms with Crippen LogP contribution in [0.4, 0.5) is 0 Å². The van der Waals surface area contributed by atoms with Crippen molar-refractivity contribution < 1.29 is 13.2 Å². The Bertz CT molecular complexity index is 889. The first-order valence-electron chi connectivity index (χ1n) is 9.41. The van der Waals surface area contributed by atoms with E-state index in [-0.39, 0.29) is 16.8 Å². The largest absolute Gasteiger partial charge is 0.348 e. The number of rotatable bonds is 6. The molecule has 0 heterocycles. The summed E-state index contributed by atoms with van der Waals surface area (Å²) in [6, 6.07) is 14.3. The van der Waals surface area contributed by atoms with E-state index in [0.29, 0.717) is 12.1 Å². The van der Waals surface area contributed by atoms with E-state index < -0.39 is 10.0 Å². The SMILES string of the molecule is Cc1ccc(S(=O)(=O)NC2CCCCC2)cc1C(=O)NCc1ccccc1. The van der Waals surface area contributed by atoms with Gasteiger partial charge in [0.05, 0.1) is 4.90 Å². The number of carbonyl (C=O) groups excluding carboxylic acids is 1. The molecule has 144 valence electrons. The monoisotopic (exact) mass is 386 g/mol. The summed E-state index contributed by atoms with van der Waals surface area (Å²) in [5.41, 5.74) is 2.13. The lowest BCUT2D eigenvalue weighted by molar-refractivity contribution is 0.0950. The van der Waals surface area contributed by atoms with Gasteiger partial charge in [-0.2, -0.15) is 0 Å². The van der Waals surface area contributed by atoms with Gasteiger partial charge in [0.2, 0.25) is 10.0 Å². The van der Waals surface area contributed by atoms with Crippen molar-refractivity contribution in [2.45, 2.75) is 56.5 Å². The smallest absolute Gasteiger partial charge is 0.251 e. The third-order valence-corrected chi connectivity index (χ3v) is 6.51. The second-order valence-electron chi connectivity index (χ2n) is 7.10. The lowest BCUT2D eigenvalue weighted by Crippen LogP contribution is -2.36. The minimum atomic E-state index is -3.63. The lowest BCUT2D eigenvalue weighted by atomic mass is 9.96. The fourth-order valence-electron chi connectivity index (χ4n) is 3.39. The van der Waals surface area contributed by atoms with E-state index in [1.54, 1.807) is 12.1 Å². The highest BCUT2D eigenvalue weighted by molar-refractivity contribution is 7.89. The highest BCUT2D eigenvalue weighted by atomic mass is 32.2. The molecule has 1 fully saturated rings. The molecule has 0 spiro atoms. The van der Waals surface area contributed by atoms with Crippen molar-refractivity contribution in [3.8, 4) is 0 Å². The van der Waals surface area contributed by atoms with Crippen LogP contribution in [0.15, 0.2) is 53.4 Å². The number of hydrogen-bond acceptors (Lipinski definition) is 3. The summed E-state index contributed by atoms with van der Waals surface area (Å²) >= 11 is 0. The average Bonchev–Trinajstić information content (AvgIpc) is 2.67.